The van der Waals surface area contributed by atoms with Crippen LogP contribution in [0, 0.1) is 10.7 Å². The van der Waals surface area contributed by atoms with Crippen molar-refractivity contribution in [2.24, 2.45) is 0 Å². The van der Waals surface area contributed by atoms with E-state index in [-0.39, 0.29) is 36.5 Å². The highest BCUT2D eigenvalue weighted by Crippen LogP contribution is 2.33. The van der Waals surface area contributed by atoms with E-state index in [1.165, 1.54) is 6.92 Å². The van der Waals surface area contributed by atoms with Gasteiger partial charge in [0.25, 0.3) is 11.8 Å². The van der Waals surface area contributed by atoms with Crippen molar-refractivity contribution < 1.29 is 34.4 Å². The Kier molecular flexibility index (Phi) is 11.3. The average molecular weight is 747 g/mol. The van der Waals surface area contributed by atoms with Gasteiger partial charge in [-0.15, -0.1) is 0 Å². The fourth-order valence-corrected chi connectivity index (χ4v) is 6.16. The van der Waals surface area contributed by atoms with Gasteiger partial charge in [-0.1, -0.05) is 0 Å². The summed E-state index contributed by atoms with van der Waals surface area (Å²) in [6.45, 7) is 0.0915. The summed E-state index contributed by atoms with van der Waals surface area (Å²) in [4.78, 5) is 36.0. The summed E-state index contributed by atoms with van der Waals surface area (Å²) < 4.78 is 5.90. The van der Waals surface area contributed by atoms with Gasteiger partial charge in [-0.05, 0) is 67.8 Å². The predicted molar refractivity (Wildman–Crippen MR) is 129 cm³/mol. The van der Waals surface area contributed by atoms with Crippen LogP contribution in [0.25, 0.3) is 0 Å². The third-order valence-electron chi connectivity index (χ3n) is 3.49. The van der Waals surface area contributed by atoms with Crippen molar-refractivity contribution in [3.8, 4) is 0 Å². The van der Waals surface area contributed by atoms with Gasteiger partial charge in [-0.2, -0.15) is 0 Å². The van der Waals surface area contributed by atoms with E-state index in [0.717, 1.165) is 0 Å². The minimum absolute atomic E-state index is 0.164. The molecule has 13 heteroatoms. The number of anilines is 1. The molecule has 10 nitrogen and oxygen atoms in total. The monoisotopic (exact) mass is 747 g/mol. The fraction of sp³-hybridized carbons (Fsp3) is 0.438. The molecule has 2 unspecified atom stereocenters. The highest BCUT2D eigenvalue weighted by Gasteiger charge is 2.27. The number of benzene rings is 1. The number of halogens is 3. The summed E-state index contributed by atoms with van der Waals surface area (Å²) in [7, 11) is 0. The van der Waals surface area contributed by atoms with E-state index >= 15 is 0 Å². The molecule has 0 saturated heterocycles. The highest BCUT2D eigenvalue weighted by molar-refractivity contribution is 14.1. The number of ether oxygens (including phenoxy) is 1. The third kappa shape index (κ3) is 7.60. The van der Waals surface area contributed by atoms with Gasteiger partial charge in [0.15, 0.2) is 0 Å². The van der Waals surface area contributed by atoms with Gasteiger partial charge in [0.2, 0.25) is 0 Å². The zero-order valence-electron chi connectivity index (χ0n) is 15.2. The summed E-state index contributed by atoms with van der Waals surface area (Å²) in [6.07, 6.45) is -2.21. The molecule has 0 aliphatic carbocycles. The van der Waals surface area contributed by atoms with Crippen LogP contribution >= 0.6 is 67.8 Å². The van der Waals surface area contributed by atoms with Crippen LogP contribution in [-0.4, -0.2) is 71.6 Å². The lowest BCUT2D eigenvalue weighted by Gasteiger charge is -2.18. The van der Waals surface area contributed by atoms with Crippen LogP contribution in [0.3, 0.4) is 0 Å². The van der Waals surface area contributed by atoms with Crippen LogP contribution < -0.4 is 16.4 Å². The maximum absolute atomic E-state index is 12.7. The van der Waals surface area contributed by atoms with Crippen LogP contribution in [0.1, 0.15) is 27.6 Å². The van der Waals surface area contributed by atoms with E-state index in [4.69, 9.17) is 10.8 Å². The predicted octanol–water partition coefficient (Wildman–Crippen LogP) is -0.181. The molecule has 7 N–H and O–H groups in total. The Bertz CT molecular complexity index is 792. The lowest BCUT2D eigenvalue weighted by Crippen LogP contribution is -2.37. The maximum Gasteiger partial charge on any atom is 0.302 e. The van der Waals surface area contributed by atoms with Gasteiger partial charge in [0.05, 0.1) is 36.7 Å². The molecule has 1 aromatic rings. The van der Waals surface area contributed by atoms with Gasteiger partial charge in [-0.25, -0.2) is 0 Å². The fourth-order valence-electron chi connectivity index (χ4n) is 2.02. The molecular formula is C16H20I3N3O7. The van der Waals surface area contributed by atoms with Crippen molar-refractivity contribution in [2.75, 3.05) is 32.0 Å². The molecule has 0 heterocycles. The summed E-state index contributed by atoms with van der Waals surface area (Å²) in [5, 5.41) is 33.1. The Labute approximate surface area is 207 Å². The van der Waals surface area contributed by atoms with E-state index in [9.17, 15) is 24.6 Å². The first-order chi connectivity index (χ1) is 13.5. The average Bonchev–Trinajstić information content (AvgIpc) is 2.67. The zero-order valence-corrected chi connectivity index (χ0v) is 21.6. The number of rotatable bonds is 9. The first-order valence-corrected chi connectivity index (χ1v) is 11.4. The summed E-state index contributed by atoms with van der Waals surface area (Å²) in [6, 6.07) is 0. The van der Waals surface area contributed by atoms with Crippen molar-refractivity contribution in [2.45, 2.75) is 19.1 Å². The number of esters is 1. The van der Waals surface area contributed by atoms with Crippen molar-refractivity contribution in [3.05, 3.63) is 21.8 Å². The lowest BCUT2D eigenvalue weighted by molar-refractivity contribution is -0.143. The quantitative estimate of drug-likeness (QED) is 0.115. The Hall–Kier alpha value is -0.500. The Balaban J connectivity index is 3.08. The number of hydrogen-bond donors (Lipinski definition) is 6. The summed E-state index contributed by atoms with van der Waals surface area (Å²) in [5.41, 5.74) is 6.64. The Morgan fingerprint density at radius 3 is 1.83 bits per heavy atom. The van der Waals surface area contributed by atoms with Gasteiger partial charge < -0.3 is 36.4 Å². The minimum Gasteiger partial charge on any atom is -0.463 e. The molecule has 2 amide bonds. The molecule has 1 aromatic carbocycles. The molecule has 0 bridgehead atoms. The SMILES string of the molecule is CC(=O)OCC(O)CNC(=O)c1c(I)c(N)c(I)c(C(=O)NCC(O)CO)c1I. The molecule has 0 radical (unpaired) electrons. The standard InChI is InChI=1S/C16H20I3N3O7/c1-6(24)29-5-8(26)3-22-16(28)10-11(17)9(12(18)14(20)13(10)19)15(27)21-2-7(25)4-23/h7-8,23,25-26H,2-5,20H2,1H3,(H,21,27)(H,22,28). The highest BCUT2D eigenvalue weighted by atomic mass is 127. The van der Waals surface area contributed by atoms with Gasteiger partial charge in [-0.3, -0.25) is 14.4 Å². The largest absolute Gasteiger partial charge is 0.463 e. The molecule has 29 heavy (non-hydrogen) atoms. The van der Waals surface area contributed by atoms with Gasteiger partial charge >= 0.3 is 5.97 Å². The van der Waals surface area contributed by atoms with Crippen molar-refractivity contribution in [1.29, 1.82) is 0 Å². The Morgan fingerprint density at radius 2 is 1.41 bits per heavy atom. The second kappa shape index (κ2) is 12.4. The topological polar surface area (TPSA) is 171 Å². The molecule has 0 aromatic heterocycles. The normalized spacial score (nSPS) is 12.8. The number of carbonyl (C=O) groups is 3. The van der Waals surface area contributed by atoms with Crippen molar-refractivity contribution in [1.82, 2.24) is 10.6 Å². The van der Waals surface area contributed by atoms with Crippen LogP contribution in [0.5, 0.6) is 0 Å². The van der Waals surface area contributed by atoms with E-state index in [1.54, 1.807) is 0 Å². The summed E-state index contributed by atoms with van der Waals surface area (Å²) >= 11 is 5.66. The van der Waals surface area contributed by atoms with E-state index < -0.39 is 36.6 Å². The second-order valence-corrected chi connectivity index (χ2v) is 9.05. The van der Waals surface area contributed by atoms with Crippen LogP contribution in [0.4, 0.5) is 5.69 Å². The Morgan fingerprint density at radius 1 is 0.966 bits per heavy atom. The smallest absolute Gasteiger partial charge is 0.302 e. The number of carbonyl (C=O) groups excluding carboxylic acids is 3. The van der Waals surface area contributed by atoms with E-state index in [2.05, 4.69) is 15.4 Å². The number of nitrogens with two attached hydrogens (primary N) is 1. The molecule has 0 fully saturated rings. The molecular weight excluding hydrogens is 727 g/mol. The van der Waals surface area contributed by atoms with Crippen molar-refractivity contribution in [3.63, 3.8) is 0 Å². The molecule has 0 aliphatic rings. The number of aliphatic hydroxyl groups is 3. The number of hydrogen-bond acceptors (Lipinski definition) is 8. The van der Waals surface area contributed by atoms with Gasteiger partial charge in [0, 0.05) is 23.6 Å². The first kappa shape index (κ1) is 26.5. The first-order valence-electron chi connectivity index (χ1n) is 8.13. The molecule has 0 aliphatic heterocycles. The van der Waals surface area contributed by atoms with Crippen molar-refractivity contribution >= 4 is 91.2 Å². The maximum atomic E-state index is 12.7. The lowest BCUT2D eigenvalue weighted by atomic mass is 10.1. The minimum atomic E-state index is -1.11. The molecule has 0 saturated carbocycles. The third-order valence-corrected chi connectivity index (χ3v) is 6.81. The van der Waals surface area contributed by atoms with E-state index in [1.807, 2.05) is 67.8 Å². The van der Waals surface area contributed by atoms with Crippen LogP contribution in [0.15, 0.2) is 0 Å². The number of nitrogens with one attached hydrogen (secondary N) is 2. The molecule has 1 rings (SSSR count). The van der Waals surface area contributed by atoms with Crippen LogP contribution in [0.2, 0.25) is 0 Å². The number of nitrogen functional groups attached to an aromatic ring is 1. The van der Waals surface area contributed by atoms with Gasteiger partial charge in [0.1, 0.15) is 12.7 Å². The van der Waals surface area contributed by atoms with Crippen LogP contribution in [-0.2, 0) is 9.53 Å². The number of aliphatic hydroxyl groups excluding tert-OH is 3. The molecule has 0 spiro atoms. The zero-order chi connectivity index (χ0) is 22.3. The van der Waals surface area contributed by atoms with E-state index in [0.29, 0.717) is 10.7 Å². The molecule has 2 atom stereocenters. The second-order valence-electron chi connectivity index (χ2n) is 5.82. The number of amides is 2. The molecule has 162 valence electrons. The summed E-state index contributed by atoms with van der Waals surface area (Å²) in [5.74, 6) is -1.67.